The third-order valence-corrected chi connectivity index (χ3v) is 8.03. The lowest BCUT2D eigenvalue weighted by Crippen LogP contribution is -2.52. The molecule has 4 atom stereocenters. The summed E-state index contributed by atoms with van der Waals surface area (Å²) < 4.78 is 59.1. The molecule has 0 fully saturated rings. The number of phosphoric acid groups is 2. The van der Waals surface area contributed by atoms with Gasteiger partial charge in [0.05, 0.1) is 39.6 Å². The average molecular weight is 703 g/mol. The molecule has 4 unspecified atom stereocenters. The van der Waals surface area contributed by atoms with Gasteiger partial charge in [-0.2, -0.15) is 0 Å². The smallest absolute Gasteiger partial charge is 0.368 e. The molecule has 0 saturated heterocycles. The lowest BCUT2D eigenvalue weighted by molar-refractivity contribution is -0.200. The van der Waals surface area contributed by atoms with Crippen LogP contribution >= 0.6 is 15.6 Å². The minimum Gasteiger partial charge on any atom is -0.368 e. The zero-order valence-electron chi connectivity index (χ0n) is 26.0. The molecule has 0 aliphatic carbocycles. The summed E-state index contributed by atoms with van der Waals surface area (Å²) >= 11 is 0. The van der Waals surface area contributed by atoms with Crippen LogP contribution in [0.25, 0.3) is 0 Å². The van der Waals surface area contributed by atoms with Crippen molar-refractivity contribution in [3.05, 3.63) is 144 Å². The standard InChI is InChI=1S/C34H40O12P2/c35-47(36,37)45-25-31(41-21-27-13-5-1-6-14-27)33(43-23-29-17-9-3-10-18-29)34(44-24-30-19-11-4-12-20-30)32(26-46-48(38,39)40)42-22-28-15-7-2-8-16-28/h1-20,31-34H,21-26H2,(H2,35,36,37)(H2,38,39,40). The minimum atomic E-state index is -4.97. The summed E-state index contributed by atoms with van der Waals surface area (Å²) in [6.45, 7) is -1.17. The van der Waals surface area contributed by atoms with Gasteiger partial charge in [0.25, 0.3) is 0 Å². The summed E-state index contributed by atoms with van der Waals surface area (Å²) in [6.07, 6.45) is -4.71. The second kappa shape index (κ2) is 19.2. The summed E-state index contributed by atoms with van der Waals surface area (Å²) in [7, 11) is -9.94. The Labute approximate surface area is 279 Å². The fourth-order valence-electron chi connectivity index (χ4n) is 4.73. The summed E-state index contributed by atoms with van der Waals surface area (Å²) in [5.74, 6) is 0. The maximum Gasteiger partial charge on any atom is 0.469 e. The van der Waals surface area contributed by atoms with E-state index in [0.29, 0.717) is 0 Å². The molecule has 4 aromatic rings. The van der Waals surface area contributed by atoms with Crippen LogP contribution in [0.15, 0.2) is 121 Å². The van der Waals surface area contributed by atoms with E-state index in [1.54, 1.807) is 0 Å². The molecular weight excluding hydrogens is 662 g/mol. The normalized spacial score (nSPS) is 14.7. The van der Waals surface area contributed by atoms with Crippen molar-refractivity contribution in [2.75, 3.05) is 13.2 Å². The molecule has 0 saturated carbocycles. The molecule has 0 aliphatic rings. The van der Waals surface area contributed by atoms with Gasteiger partial charge in [-0.3, -0.25) is 9.05 Å². The van der Waals surface area contributed by atoms with Crippen LogP contribution in [0.2, 0.25) is 0 Å². The Kier molecular flexibility index (Phi) is 15.1. The molecule has 4 rings (SSSR count). The molecule has 0 heterocycles. The van der Waals surface area contributed by atoms with E-state index in [4.69, 9.17) is 28.0 Å². The van der Waals surface area contributed by atoms with Gasteiger partial charge in [-0.05, 0) is 22.3 Å². The van der Waals surface area contributed by atoms with E-state index in [9.17, 15) is 28.7 Å². The Morgan fingerprint density at radius 1 is 0.417 bits per heavy atom. The van der Waals surface area contributed by atoms with Gasteiger partial charge in [-0.25, -0.2) is 9.13 Å². The van der Waals surface area contributed by atoms with E-state index in [-0.39, 0.29) is 26.4 Å². The molecule has 0 bridgehead atoms. The van der Waals surface area contributed by atoms with Crippen molar-refractivity contribution in [3.8, 4) is 0 Å². The van der Waals surface area contributed by atoms with Gasteiger partial charge >= 0.3 is 15.6 Å². The van der Waals surface area contributed by atoms with Gasteiger partial charge in [0.15, 0.2) is 0 Å². The molecule has 0 radical (unpaired) electrons. The largest absolute Gasteiger partial charge is 0.469 e. The number of ether oxygens (including phenoxy) is 4. The third kappa shape index (κ3) is 14.2. The van der Waals surface area contributed by atoms with Crippen LogP contribution in [0, 0.1) is 0 Å². The van der Waals surface area contributed by atoms with E-state index in [1.807, 2.05) is 121 Å². The Morgan fingerprint density at radius 2 is 0.667 bits per heavy atom. The Balaban J connectivity index is 1.75. The lowest BCUT2D eigenvalue weighted by atomic mass is 10.0. The molecule has 48 heavy (non-hydrogen) atoms. The third-order valence-electron chi connectivity index (χ3n) is 7.05. The first-order chi connectivity index (χ1) is 23.1. The van der Waals surface area contributed by atoms with Crippen molar-refractivity contribution in [2.45, 2.75) is 50.8 Å². The first-order valence-electron chi connectivity index (χ1n) is 15.1. The SMILES string of the molecule is O=P(O)(O)OCC(OCc1ccccc1)C(OCc1ccccc1)C(OCc1ccccc1)C(COP(=O)(O)O)OCc1ccccc1. The van der Waals surface area contributed by atoms with Gasteiger partial charge in [-0.1, -0.05) is 121 Å². The van der Waals surface area contributed by atoms with Crippen molar-refractivity contribution in [3.63, 3.8) is 0 Å². The molecule has 4 N–H and O–H groups in total. The molecule has 0 aliphatic heterocycles. The molecule has 4 aromatic carbocycles. The fraction of sp³-hybridized carbons (Fsp3) is 0.294. The van der Waals surface area contributed by atoms with Crippen LogP contribution in [-0.4, -0.2) is 57.2 Å². The average Bonchev–Trinajstić information content (AvgIpc) is 3.08. The van der Waals surface area contributed by atoms with Crippen LogP contribution in [0.3, 0.4) is 0 Å². The Morgan fingerprint density at radius 3 is 0.917 bits per heavy atom. The molecule has 0 amide bonds. The minimum absolute atomic E-state index is 0.0150. The Hall–Kier alpha value is -3.06. The number of rotatable bonds is 21. The van der Waals surface area contributed by atoms with Gasteiger partial charge in [0, 0.05) is 0 Å². The molecule has 14 heteroatoms. The highest BCUT2D eigenvalue weighted by atomic mass is 31.2. The second-order valence-electron chi connectivity index (χ2n) is 10.8. The van der Waals surface area contributed by atoms with Crippen LogP contribution in [-0.2, 0) is 63.6 Å². The van der Waals surface area contributed by atoms with E-state index in [2.05, 4.69) is 0 Å². The summed E-state index contributed by atoms with van der Waals surface area (Å²) in [5, 5.41) is 0. The quantitative estimate of drug-likeness (QED) is 0.0801. The summed E-state index contributed by atoms with van der Waals surface area (Å²) in [4.78, 5) is 38.6. The predicted octanol–water partition coefficient (Wildman–Crippen LogP) is 5.55. The fourth-order valence-corrected chi connectivity index (χ4v) is 5.41. The number of phosphoric ester groups is 2. The monoisotopic (exact) mass is 702 g/mol. The highest BCUT2D eigenvalue weighted by Gasteiger charge is 2.40. The van der Waals surface area contributed by atoms with Crippen molar-refractivity contribution in [2.24, 2.45) is 0 Å². The van der Waals surface area contributed by atoms with E-state index in [1.165, 1.54) is 0 Å². The Bertz CT molecular complexity index is 1430. The summed E-state index contributed by atoms with van der Waals surface area (Å²) in [6, 6.07) is 36.6. The zero-order valence-corrected chi connectivity index (χ0v) is 27.8. The second-order valence-corrected chi connectivity index (χ2v) is 13.2. The highest BCUT2D eigenvalue weighted by molar-refractivity contribution is 7.46. The molecule has 0 aromatic heterocycles. The number of benzene rings is 4. The zero-order chi connectivity index (χ0) is 34.2. The van der Waals surface area contributed by atoms with Gasteiger partial charge in [-0.15, -0.1) is 0 Å². The topological polar surface area (TPSA) is 170 Å². The van der Waals surface area contributed by atoms with Crippen molar-refractivity contribution in [1.29, 1.82) is 0 Å². The van der Waals surface area contributed by atoms with Crippen LogP contribution in [0.5, 0.6) is 0 Å². The van der Waals surface area contributed by atoms with Gasteiger partial charge in [0.1, 0.15) is 24.4 Å². The number of hydrogen-bond acceptors (Lipinski definition) is 8. The van der Waals surface area contributed by atoms with E-state index in [0.717, 1.165) is 22.3 Å². The van der Waals surface area contributed by atoms with Crippen molar-refractivity contribution < 1.29 is 56.7 Å². The maximum atomic E-state index is 11.9. The summed E-state index contributed by atoms with van der Waals surface area (Å²) in [5.41, 5.74) is 3.08. The number of hydrogen-bond donors (Lipinski definition) is 4. The molecule has 12 nitrogen and oxygen atoms in total. The lowest BCUT2D eigenvalue weighted by Gasteiger charge is -2.37. The van der Waals surface area contributed by atoms with Crippen LogP contribution in [0.1, 0.15) is 22.3 Å². The molecule has 258 valence electrons. The van der Waals surface area contributed by atoms with Gasteiger partial charge in [0.2, 0.25) is 0 Å². The van der Waals surface area contributed by atoms with Crippen molar-refractivity contribution in [1.82, 2.24) is 0 Å². The maximum absolute atomic E-state index is 11.9. The molecule has 0 spiro atoms. The first kappa shape index (κ1) is 37.8. The van der Waals surface area contributed by atoms with E-state index >= 15 is 0 Å². The first-order valence-corrected chi connectivity index (χ1v) is 18.1. The predicted molar refractivity (Wildman–Crippen MR) is 176 cm³/mol. The van der Waals surface area contributed by atoms with Gasteiger partial charge < -0.3 is 38.5 Å². The molecular formula is C34H40O12P2. The van der Waals surface area contributed by atoms with E-state index < -0.39 is 53.3 Å². The van der Waals surface area contributed by atoms with Crippen molar-refractivity contribution >= 4 is 15.6 Å². The van der Waals surface area contributed by atoms with Crippen LogP contribution < -0.4 is 0 Å². The van der Waals surface area contributed by atoms with Crippen LogP contribution in [0.4, 0.5) is 0 Å². The highest BCUT2D eigenvalue weighted by Crippen LogP contribution is 2.38.